The number of ether oxygens (including phenoxy) is 1. The van der Waals surface area contributed by atoms with Gasteiger partial charge in [-0.1, -0.05) is 13.0 Å². The molecule has 0 bridgehead atoms. The molecule has 1 aliphatic carbocycles. The monoisotopic (exact) mass is 328 g/mol. The number of aryl methyl sites for hydroxylation is 2. The normalized spacial score (nSPS) is 14.5. The highest BCUT2D eigenvalue weighted by molar-refractivity contribution is 5.37. The number of nitrogens with zero attached hydrogens (tertiary/aromatic N) is 2. The van der Waals surface area contributed by atoms with Crippen molar-refractivity contribution in [3.05, 3.63) is 55.7 Å². The summed E-state index contributed by atoms with van der Waals surface area (Å²) in [6.07, 6.45) is 3.53. The SMILES string of the molecule is CCc1c(Oc2cc(C)cc(C)c2)n(C2CCC2)c(=O)n(C)c1=O. The van der Waals surface area contributed by atoms with Crippen molar-refractivity contribution in [1.29, 1.82) is 0 Å². The van der Waals surface area contributed by atoms with Crippen LogP contribution in [0.15, 0.2) is 27.8 Å². The lowest BCUT2D eigenvalue weighted by molar-refractivity contribution is 0.264. The second kappa shape index (κ2) is 6.30. The summed E-state index contributed by atoms with van der Waals surface area (Å²) < 4.78 is 9.00. The first-order valence-electron chi connectivity index (χ1n) is 8.53. The van der Waals surface area contributed by atoms with Crippen LogP contribution in [0.3, 0.4) is 0 Å². The van der Waals surface area contributed by atoms with Gasteiger partial charge in [0.2, 0.25) is 5.88 Å². The Balaban J connectivity index is 2.20. The van der Waals surface area contributed by atoms with Crippen molar-refractivity contribution in [2.24, 2.45) is 7.05 Å². The molecule has 0 unspecified atom stereocenters. The Hall–Kier alpha value is -2.30. The van der Waals surface area contributed by atoms with E-state index in [4.69, 9.17) is 4.74 Å². The molecule has 1 saturated carbocycles. The van der Waals surface area contributed by atoms with Crippen molar-refractivity contribution in [2.75, 3.05) is 0 Å². The fourth-order valence-electron chi connectivity index (χ4n) is 3.26. The van der Waals surface area contributed by atoms with Gasteiger partial charge in [-0.15, -0.1) is 0 Å². The summed E-state index contributed by atoms with van der Waals surface area (Å²) >= 11 is 0. The van der Waals surface area contributed by atoms with Gasteiger partial charge in [0.15, 0.2) is 0 Å². The van der Waals surface area contributed by atoms with Gasteiger partial charge < -0.3 is 4.74 Å². The van der Waals surface area contributed by atoms with Crippen LogP contribution in [-0.2, 0) is 13.5 Å². The van der Waals surface area contributed by atoms with Gasteiger partial charge in [0.25, 0.3) is 5.56 Å². The first-order chi connectivity index (χ1) is 11.4. The molecule has 1 aliphatic rings. The molecule has 128 valence electrons. The van der Waals surface area contributed by atoms with Crippen molar-refractivity contribution in [2.45, 2.75) is 52.5 Å². The van der Waals surface area contributed by atoms with E-state index in [2.05, 4.69) is 6.07 Å². The third kappa shape index (κ3) is 2.79. The number of rotatable bonds is 4. The maximum absolute atomic E-state index is 12.7. The van der Waals surface area contributed by atoms with Gasteiger partial charge in [-0.25, -0.2) is 4.79 Å². The lowest BCUT2D eigenvalue weighted by atomic mass is 9.92. The van der Waals surface area contributed by atoms with E-state index in [0.29, 0.717) is 23.6 Å². The Bertz CT molecular complexity index is 868. The second-order valence-electron chi connectivity index (χ2n) is 6.66. The minimum atomic E-state index is -0.290. The first-order valence-corrected chi connectivity index (χ1v) is 8.53. The zero-order valence-electron chi connectivity index (χ0n) is 14.8. The van der Waals surface area contributed by atoms with Gasteiger partial charge in [-0.2, -0.15) is 0 Å². The minimum Gasteiger partial charge on any atom is -0.440 e. The summed E-state index contributed by atoms with van der Waals surface area (Å²) in [6, 6.07) is 6.05. The molecular weight excluding hydrogens is 304 g/mol. The smallest absolute Gasteiger partial charge is 0.333 e. The Morgan fingerprint density at radius 3 is 2.25 bits per heavy atom. The van der Waals surface area contributed by atoms with E-state index in [1.54, 1.807) is 11.6 Å². The molecule has 1 aromatic carbocycles. The van der Waals surface area contributed by atoms with Gasteiger partial charge in [-0.3, -0.25) is 13.9 Å². The molecule has 0 aliphatic heterocycles. The van der Waals surface area contributed by atoms with E-state index in [-0.39, 0.29) is 17.3 Å². The van der Waals surface area contributed by atoms with Crippen molar-refractivity contribution in [3.63, 3.8) is 0 Å². The van der Waals surface area contributed by atoms with E-state index in [1.165, 1.54) is 4.57 Å². The topological polar surface area (TPSA) is 53.2 Å². The van der Waals surface area contributed by atoms with E-state index in [0.717, 1.165) is 30.4 Å². The van der Waals surface area contributed by atoms with Crippen molar-refractivity contribution < 1.29 is 4.74 Å². The van der Waals surface area contributed by atoms with Gasteiger partial charge >= 0.3 is 5.69 Å². The summed E-state index contributed by atoms with van der Waals surface area (Å²) in [4.78, 5) is 25.2. The molecule has 5 heteroatoms. The van der Waals surface area contributed by atoms with Crippen LogP contribution in [0.1, 0.15) is 48.9 Å². The Kier molecular flexibility index (Phi) is 4.35. The number of benzene rings is 1. The number of hydrogen-bond acceptors (Lipinski definition) is 3. The average molecular weight is 328 g/mol. The molecule has 0 amide bonds. The summed E-state index contributed by atoms with van der Waals surface area (Å²) in [5.74, 6) is 1.09. The van der Waals surface area contributed by atoms with Crippen molar-refractivity contribution in [3.8, 4) is 11.6 Å². The average Bonchev–Trinajstić information content (AvgIpc) is 2.46. The molecule has 0 N–H and O–H groups in total. The lowest BCUT2D eigenvalue weighted by Crippen LogP contribution is -2.43. The molecule has 1 heterocycles. The molecular formula is C19H24N2O3. The van der Waals surface area contributed by atoms with Crippen LogP contribution >= 0.6 is 0 Å². The standard InChI is InChI=1S/C19H24N2O3/c1-5-16-17(22)20(4)19(23)21(14-7-6-8-14)18(16)24-15-10-12(2)9-13(3)11-15/h9-11,14H,5-8H2,1-4H3. The predicted octanol–water partition coefficient (Wildman–Crippen LogP) is 3.24. The third-order valence-electron chi connectivity index (χ3n) is 4.74. The van der Waals surface area contributed by atoms with Crippen LogP contribution in [-0.4, -0.2) is 9.13 Å². The van der Waals surface area contributed by atoms with Crippen molar-refractivity contribution in [1.82, 2.24) is 9.13 Å². The maximum Gasteiger partial charge on any atom is 0.333 e. The molecule has 5 nitrogen and oxygen atoms in total. The quantitative estimate of drug-likeness (QED) is 0.866. The van der Waals surface area contributed by atoms with E-state index in [9.17, 15) is 9.59 Å². The molecule has 0 atom stereocenters. The summed E-state index contributed by atoms with van der Waals surface area (Å²) in [5, 5.41) is 0. The van der Waals surface area contributed by atoms with Gasteiger partial charge in [0, 0.05) is 13.1 Å². The summed E-state index contributed by atoms with van der Waals surface area (Å²) in [5.41, 5.74) is 2.18. The van der Waals surface area contributed by atoms with Gasteiger partial charge in [0.05, 0.1) is 5.56 Å². The van der Waals surface area contributed by atoms with Crippen LogP contribution in [0.5, 0.6) is 11.6 Å². The number of aromatic nitrogens is 2. The van der Waals surface area contributed by atoms with Crippen LogP contribution in [0, 0.1) is 13.8 Å². The highest BCUT2D eigenvalue weighted by Crippen LogP contribution is 2.35. The molecule has 1 fully saturated rings. The van der Waals surface area contributed by atoms with Crippen LogP contribution < -0.4 is 16.0 Å². The minimum absolute atomic E-state index is 0.121. The molecule has 1 aromatic heterocycles. The summed E-state index contributed by atoms with van der Waals surface area (Å²) in [6.45, 7) is 5.92. The fourth-order valence-corrected chi connectivity index (χ4v) is 3.26. The Morgan fingerprint density at radius 1 is 1.12 bits per heavy atom. The van der Waals surface area contributed by atoms with E-state index < -0.39 is 0 Å². The fraction of sp³-hybridized carbons (Fsp3) is 0.474. The van der Waals surface area contributed by atoms with Crippen LogP contribution in [0.4, 0.5) is 0 Å². The molecule has 0 radical (unpaired) electrons. The van der Waals surface area contributed by atoms with Crippen LogP contribution in [0.25, 0.3) is 0 Å². The molecule has 24 heavy (non-hydrogen) atoms. The van der Waals surface area contributed by atoms with Crippen molar-refractivity contribution >= 4 is 0 Å². The Labute approximate surface area is 141 Å². The van der Waals surface area contributed by atoms with Gasteiger partial charge in [-0.05, 0) is 62.8 Å². The predicted molar refractivity (Wildman–Crippen MR) is 94.2 cm³/mol. The molecule has 0 saturated heterocycles. The highest BCUT2D eigenvalue weighted by atomic mass is 16.5. The number of hydrogen-bond donors (Lipinski definition) is 0. The highest BCUT2D eigenvalue weighted by Gasteiger charge is 2.28. The van der Waals surface area contributed by atoms with E-state index in [1.807, 2.05) is 32.9 Å². The first kappa shape index (κ1) is 16.6. The largest absolute Gasteiger partial charge is 0.440 e. The molecule has 3 rings (SSSR count). The molecule has 0 spiro atoms. The lowest BCUT2D eigenvalue weighted by Gasteiger charge is -2.30. The van der Waals surface area contributed by atoms with Crippen LogP contribution in [0.2, 0.25) is 0 Å². The van der Waals surface area contributed by atoms with E-state index >= 15 is 0 Å². The zero-order valence-corrected chi connectivity index (χ0v) is 14.8. The molecule has 2 aromatic rings. The van der Waals surface area contributed by atoms with Gasteiger partial charge in [0.1, 0.15) is 5.75 Å². The summed E-state index contributed by atoms with van der Waals surface area (Å²) in [7, 11) is 1.54. The zero-order chi connectivity index (χ0) is 17.4. The Morgan fingerprint density at radius 2 is 1.75 bits per heavy atom. The maximum atomic E-state index is 12.7. The second-order valence-corrected chi connectivity index (χ2v) is 6.66. The third-order valence-corrected chi connectivity index (χ3v) is 4.74.